The lowest BCUT2D eigenvalue weighted by atomic mass is 9.97. The lowest BCUT2D eigenvalue weighted by molar-refractivity contribution is -0.149. The monoisotopic (exact) mass is 249 g/mol. The second-order valence-corrected chi connectivity index (χ2v) is 4.16. The van der Waals surface area contributed by atoms with Gasteiger partial charge in [0.1, 0.15) is 12.0 Å². The molecule has 1 unspecified atom stereocenters. The molecule has 1 spiro atoms. The normalized spacial score (nSPS) is 29.3. The van der Waals surface area contributed by atoms with Crippen LogP contribution in [-0.4, -0.2) is 41.4 Å². The van der Waals surface area contributed by atoms with Crippen molar-refractivity contribution in [3.05, 3.63) is 24.2 Å². The van der Waals surface area contributed by atoms with Crippen molar-refractivity contribution in [1.29, 1.82) is 0 Å². The maximum Gasteiger partial charge on any atom is 0.358 e. The highest BCUT2D eigenvalue weighted by molar-refractivity contribution is 6.13. The van der Waals surface area contributed by atoms with Crippen molar-refractivity contribution < 1.29 is 19.1 Å². The molecule has 7 nitrogen and oxygen atoms in total. The van der Waals surface area contributed by atoms with Gasteiger partial charge in [0.15, 0.2) is 5.84 Å². The summed E-state index contributed by atoms with van der Waals surface area (Å²) in [5.41, 5.74) is 4.11. The molecule has 3 aliphatic rings. The first-order valence-corrected chi connectivity index (χ1v) is 5.51. The Hall–Kier alpha value is -2.31. The van der Waals surface area contributed by atoms with Crippen LogP contribution in [0.5, 0.6) is 0 Å². The number of nitrogens with two attached hydrogens (primary N) is 1. The van der Waals surface area contributed by atoms with E-state index < -0.39 is 17.5 Å². The van der Waals surface area contributed by atoms with Crippen LogP contribution in [0.4, 0.5) is 0 Å². The largest absolute Gasteiger partial charge is 0.473 e. The molecule has 3 rings (SSSR count). The third kappa shape index (κ3) is 1.33. The van der Waals surface area contributed by atoms with E-state index in [4.69, 9.17) is 15.2 Å². The Balaban J connectivity index is 2.07. The zero-order valence-electron chi connectivity index (χ0n) is 9.46. The molecule has 1 amide bonds. The summed E-state index contributed by atoms with van der Waals surface area (Å²) in [6.45, 7) is 0.696. The molecule has 2 N–H and O–H groups in total. The van der Waals surface area contributed by atoms with Crippen LogP contribution < -0.4 is 5.73 Å². The standard InChI is InChI=1S/C11H11N3O4/c12-8(15)7-1-3-14-4-6-18-11(9(14)13-7)2-5-17-10(11)16/h1,4,6H,2-3,5H2,(H2,12,15). The van der Waals surface area contributed by atoms with Crippen molar-refractivity contribution >= 4 is 17.7 Å². The molecule has 0 radical (unpaired) electrons. The van der Waals surface area contributed by atoms with Crippen molar-refractivity contribution in [2.24, 2.45) is 10.7 Å². The lowest BCUT2D eigenvalue weighted by Gasteiger charge is -2.37. The van der Waals surface area contributed by atoms with Gasteiger partial charge in [0.05, 0.1) is 6.61 Å². The van der Waals surface area contributed by atoms with Crippen molar-refractivity contribution in [3.63, 3.8) is 0 Å². The molecule has 94 valence electrons. The van der Waals surface area contributed by atoms with Crippen molar-refractivity contribution in [2.45, 2.75) is 12.0 Å². The van der Waals surface area contributed by atoms with E-state index in [1.807, 2.05) is 0 Å². The summed E-state index contributed by atoms with van der Waals surface area (Å²) in [4.78, 5) is 28.9. The number of rotatable bonds is 1. The van der Waals surface area contributed by atoms with Gasteiger partial charge in [-0.3, -0.25) is 4.79 Å². The van der Waals surface area contributed by atoms with Crippen LogP contribution in [0.15, 0.2) is 29.2 Å². The Morgan fingerprint density at radius 3 is 3.06 bits per heavy atom. The van der Waals surface area contributed by atoms with Crippen LogP contribution in [0.25, 0.3) is 0 Å². The first kappa shape index (κ1) is 10.8. The third-order valence-corrected chi connectivity index (χ3v) is 3.12. The quantitative estimate of drug-likeness (QED) is 0.617. The van der Waals surface area contributed by atoms with E-state index in [1.54, 1.807) is 17.2 Å². The summed E-state index contributed by atoms with van der Waals surface area (Å²) in [5.74, 6) is -0.747. The molecule has 7 heteroatoms. The molecule has 0 aromatic rings. The average molecular weight is 249 g/mol. The zero-order valence-corrected chi connectivity index (χ0v) is 9.46. The highest BCUT2D eigenvalue weighted by atomic mass is 16.6. The summed E-state index contributed by atoms with van der Waals surface area (Å²) in [6.07, 6.45) is 5.08. The second kappa shape index (κ2) is 3.59. The summed E-state index contributed by atoms with van der Waals surface area (Å²) in [6, 6.07) is 0. The van der Waals surface area contributed by atoms with Gasteiger partial charge in [-0.1, -0.05) is 0 Å². The number of ether oxygens (including phenoxy) is 2. The van der Waals surface area contributed by atoms with E-state index in [9.17, 15) is 9.59 Å². The van der Waals surface area contributed by atoms with Gasteiger partial charge in [-0.05, 0) is 6.08 Å². The molecule has 0 aromatic carbocycles. The Morgan fingerprint density at radius 1 is 1.56 bits per heavy atom. The number of amidine groups is 1. The number of carbonyl (C=O) groups excluding carboxylic acids is 2. The Bertz CT molecular complexity index is 522. The molecule has 1 atom stereocenters. The fourth-order valence-corrected chi connectivity index (χ4v) is 2.19. The number of fused-ring (bicyclic) bond motifs is 2. The maximum atomic E-state index is 11.9. The molecule has 3 aliphatic heterocycles. The fourth-order valence-electron chi connectivity index (χ4n) is 2.19. The van der Waals surface area contributed by atoms with E-state index in [2.05, 4.69) is 4.99 Å². The minimum atomic E-state index is -1.23. The first-order chi connectivity index (χ1) is 8.63. The zero-order chi connectivity index (χ0) is 12.8. The lowest BCUT2D eigenvalue weighted by Crippen LogP contribution is -2.55. The molecule has 0 saturated carbocycles. The Labute approximate surface area is 103 Å². The van der Waals surface area contributed by atoms with Gasteiger partial charge in [-0.2, -0.15) is 0 Å². The van der Waals surface area contributed by atoms with E-state index in [0.717, 1.165) is 0 Å². The number of primary amides is 1. The van der Waals surface area contributed by atoms with Crippen LogP contribution in [-0.2, 0) is 19.1 Å². The summed E-state index contributed by atoms with van der Waals surface area (Å²) in [5, 5.41) is 0. The molecule has 0 aliphatic carbocycles. The van der Waals surface area contributed by atoms with E-state index in [-0.39, 0.29) is 12.3 Å². The van der Waals surface area contributed by atoms with Crippen LogP contribution in [0.2, 0.25) is 0 Å². The van der Waals surface area contributed by atoms with Crippen LogP contribution in [0.1, 0.15) is 6.42 Å². The van der Waals surface area contributed by atoms with Gasteiger partial charge < -0.3 is 20.1 Å². The maximum absolute atomic E-state index is 11.9. The number of amides is 1. The minimum absolute atomic E-state index is 0.138. The van der Waals surface area contributed by atoms with Crippen LogP contribution in [0.3, 0.4) is 0 Å². The summed E-state index contributed by atoms with van der Waals surface area (Å²) in [7, 11) is 0. The SMILES string of the molecule is NC(=O)C1=CCN2C=COC3(CCOC3=O)C2=N1. The second-order valence-electron chi connectivity index (χ2n) is 4.16. The highest BCUT2D eigenvalue weighted by Crippen LogP contribution is 2.33. The highest BCUT2D eigenvalue weighted by Gasteiger charge is 2.55. The van der Waals surface area contributed by atoms with Gasteiger partial charge >= 0.3 is 5.97 Å². The number of aliphatic imine (C=N–C) groups is 1. The number of carbonyl (C=O) groups is 2. The molecule has 1 saturated heterocycles. The summed E-state index contributed by atoms with van der Waals surface area (Å²) >= 11 is 0. The molecule has 0 bridgehead atoms. The van der Waals surface area contributed by atoms with E-state index in [0.29, 0.717) is 18.8 Å². The Kier molecular flexibility index (Phi) is 2.16. The van der Waals surface area contributed by atoms with Gasteiger partial charge in [0, 0.05) is 19.2 Å². The minimum Gasteiger partial charge on any atom is -0.473 e. The van der Waals surface area contributed by atoms with Gasteiger partial charge in [0.25, 0.3) is 11.5 Å². The van der Waals surface area contributed by atoms with Gasteiger partial charge in [0.2, 0.25) is 0 Å². The van der Waals surface area contributed by atoms with Crippen molar-refractivity contribution in [3.8, 4) is 0 Å². The predicted octanol–water partition coefficient (Wildman–Crippen LogP) is -0.743. The third-order valence-electron chi connectivity index (χ3n) is 3.12. The average Bonchev–Trinajstić information content (AvgIpc) is 2.72. The van der Waals surface area contributed by atoms with Crippen LogP contribution in [0, 0.1) is 0 Å². The molecule has 1 fully saturated rings. The molecular weight excluding hydrogens is 238 g/mol. The molecule has 3 heterocycles. The van der Waals surface area contributed by atoms with Gasteiger partial charge in [-0.25, -0.2) is 9.79 Å². The number of esters is 1. The van der Waals surface area contributed by atoms with Gasteiger partial charge in [-0.15, -0.1) is 0 Å². The predicted molar refractivity (Wildman–Crippen MR) is 60.0 cm³/mol. The van der Waals surface area contributed by atoms with Crippen molar-refractivity contribution in [2.75, 3.05) is 13.2 Å². The summed E-state index contributed by atoms with van der Waals surface area (Å²) < 4.78 is 10.4. The van der Waals surface area contributed by atoms with Crippen LogP contribution >= 0.6 is 0 Å². The number of nitrogens with zero attached hydrogens (tertiary/aromatic N) is 2. The topological polar surface area (TPSA) is 94.2 Å². The van der Waals surface area contributed by atoms with E-state index in [1.165, 1.54) is 6.26 Å². The smallest absolute Gasteiger partial charge is 0.358 e. The molecule has 0 aromatic heterocycles. The molecule has 18 heavy (non-hydrogen) atoms. The van der Waals surface area contributed by atoms with Crippen molar-refractivity contribution in [1.82, 2.24) is 4.90 Å². The number of hydrogen-bond donors (Lipinski definition) is 1. The number of cyclic esters (lactones) is 1. The van der Waals surface area contributed by atoms with E-state index >= 15 is 0 Å². The molecular formula is C11H11N3O4. The fraction of sp³-hybridized carbons (Fsp3) is 0.364. The first-order valence-electron chi connectivity index (χ1n) is 5.51. The Morgan fingerprint density at radius 2 is 2.39 bits per heavy atom. The number of hydrogen-bond acceptors (Lipinski definition) is 6.